The van der Waals surface area contributed by atoms with E-state index in [1.807, 2.05) is 26.0 Å². The molecule has 0 aromatic carbocycles. The smallest absolute Gasteiger partial charge is 0.240 e. The van der Waals surface area contributed by atoms with Crippen LogP contribution in [0, 0.1) is 6.92 Å². The SMILES string of the molecule is CCCCCCCCCC(=O)NN=C(C)c1ccc(C)o1. The van der Waals surface area contributed by atoms with Crippen LogP contribution in [-0.2, 0) is 4.79 Å². The number of amides is 1. The van der Waals surface area contributed by atoms with Gasteiger partial charge in [-0.05, 0) is 32.4 Å². The predicted molar refractivity (Wildman–Crippen MR) is 86.4 cm³/mol. The van der Waals surface area contributed by atoms with Crippen molar-refractivity contribution < 1.29 is 9.21 Å². The van der Waals surface area contributed by atoms with Gasteiger partial charge in [0.05, 0.1) is 0 Å². The average molecular weight is 292 g/mol. The molecule has 1 amide bonds. The number of nitrogens with one attached hydrogen (secondary N) is 1. The Labute approximate surface area is 128 Å². The average Bonchev–Trinajstić information content (AvgIpc) is 2.90. The van der Waals surface area contributed by atoms with E-state index in [-0.39, 0.29) is 5.91 Å². The van der Waals surface area contributed by atoms with E-state index < -0.39 is 0 Å². The number of nitrogens with zero attached hydrogens (tertiary/aromatic N) is 1. The van der Waals surface area contributed by atoms with Gasteiger partial charge in [-0.1, -0.05) is 45.4 Å². The number of hydrogen-bond donors (Lipinski definition) is 1. The van der Waals surface area contributed by atoms with Crippen molar-refractivity contribution in [2.24, 2.45) is 5.10 Å². The van der Waals surface area contributed by atoms with Gasteiger partial charge in [-0.2, -0.15) is 5.10 Å². The summed E-state index contributed by atoms with van der Waals surface area (Å²) in [4.78, 5) is 11.7. The first-order valence-corrected chi connectivity index (χ1v) is 8.03. The fraction of sp³-hybridized carbons (Fsp3) is 0.647. The Balaban J connectivity index is 2.13. The molecule has 0 saturated heterocycles. The van der Waals surface area contributed by atoms with Gasteiger partial charge in [-0.25, -0.2) is 5.43 Å². The number of carbonyl (C=O) groups excluding carboxylic acids is 1. The minimum absolute atomic E-state index is 0.0220. The molecule has 0 aliphatic heterocycles. The molecule has 118 valence electrons. The van der Waals surface area contributed by atoms with E-state index in [1.54, 1.807) is 0 Å². The van der Waals surface area contributed by atoms with Crippen LogP contribution in [-0.4, -0.2) is 11.6 Å². The normalized spacial score (nSPS) is 11.7. The zero-order valence-electron chi connectivity index (χ0n) is 13.6. The molecule has 21 heavy (non-hydrogen) atoms. The Hall–Kier alpha value is -1.58. The lowest BCUT2D eigenvalue weighted by atomic mass is 10.1. The standard InChI is InChI=1S/C17H28N2O2/c1-4-5-6-7-8-9-10-11-17(20)19-18-15(3)16-13-12-14(2)21-16/h12-13H,4-11H2,1-3H3,(H,19,20). The zero-order valence-corrected chi connectivity index (χ0v) is 13.6. The Morgan fingerprint density at radius 1 is 1.14 bits per heavy atom. The van der Waals surface area contributed by atoms with Crippen LogP contribution in [0.3, 0.4) is 0 Å². The molecule has 0 unspecified atom stereocenters. The van der Waals surface area contributed by atoms with Crippen LogP contribution in [0.15, 0.2) is 21.7 Å². The summed E-state index contributed by atoms with van der Waals surface area (Å²) >= 11 is 0. The van der Waals surface area contributed by atoms with E-state index in [1.165, 1.54) is 32.1 Å². The highest BCUT2D eigenvalue weighted by atomic mass is 16.3. The maximum absolute atomic E-state index is 11.7. The number of unbranched alkanes of at least 4 members (excludes halogenated alkanes) is 6. The minimum atomic E-state index is -0.0220. The van der Waals surface area contributed by atoms with Gasteiger partial charge in [0.1, 0.15) is 17.2 Å². The first-order chi connectivity index (χ1) is 10.1. The van der Waals surface area contributed by atoms with Crippen molar-refractivity contribution in [2.75, 3.05) is 0 Å². The number of rotatable bonds is 10. The van der Waals surface area contributed by atoms with Gasteiger partial charge in [0.25, 0.3) is 0 Å². The van der Waals surface area contributed by atoms with Crippen molar-refractivity contribution in [2.45, 2.75) is 72.1 Å². The fourth-order valence-electron chi connectivity index (χ4n) is 2.13. The van der Waals surface area contributed by atoms with Crippen molar-refractivity contribution in [3.63, 3.8) is 0 Å². The third kappa shape index (κ3) is 7.69. The summed E-state index contributed by atoms with van der Waals surface area (Å²) in [5.74, 6) is 1.52. The molecular weight excluding hydrogens is 264 g/mol. The minimum Gasteiger partial charge on any atom is -0.460 e. The zero-order chi connectivity index (χ0) is 15.5. The first-order valence-electron chi connectivity index (χ1n) is 8.03. The van der Waals surface area contributed by atoms with Gasteiger partial charge in [-0.3, -0.25) is 4.79 Å². The van der Waals surface area contributed by atoms with Gasteiger partial charge in [0.2, 0.25) is 5.91 Å². The van der Waals surface area contributed by atoms with Gasteiger partial charge in [0, 0.05) is 6.42 Å². The maximum atomic E-state index is 11.7. The van der Waals surface area contributed by atoms with E-state index in [4.69, 9.17) is 4.42 Å². The molecule has 1 N–H and O–H groups in total. The molecule has 0 spiro atoms. The Morgan fingerprint density at radius 3 is 2.43 bits per heavy atom. The van der Waals surface area contributed by atoms with Crippen LogP contribution in [0.5, 0.6) is 0 Å². The largest absolute Gasteiger partial charge is 0.460 e. The maximum Gasteiger partial charge on any atom is 0.240 e. The van der Waals surface area contributed by atoms with Crippen LogP contribution in [0.25, 0.3) is 0 Å². The second kappa shape index (κ2) is 10.2. The monoisotopic (exact) mass is 292 g/mol. The molecule has 0 radical (unpaired) electrons. The molecule has 4 heteroatoms. The van der Waals surface area contributed by atoms with Gasteiger partial charge >= 0.3 is 0 Å². The van der Waals surface area contributed by atoms with Gasteiger partial charge in [0.15, 0.2) is 0 Å². The second-order valence-electron chi connectivity index (χ2n) is 5.51. The summed E-state index contributed by atoms with van der Waals surface area (Å²) in [5, 5.41) is 4.07. The number of furan rings is 1. The number of hydrogen-bond acceptors (Lipinski definition) is 3. The number of aryl methyl sites for hydroxylation is 1. The first kappa shape index (κ1) is 17.5. The van der Waals surface area contributed by atoms with Crippen molar-refractivity contribution in [1.82, 2.24) is 5.43 Å². The van der Waals surface area contributed by atoms with E-state index in [0.717, 1.165) is 18.6 Å². The molecule has 1 aromatic heterocycles. The molecule has 4 nitrogen and oxygen atoms in total. The topological polar surface area (TPSA) is 54.6 Å². The number of hydrazone groups is 1. The number of carbonyl (C=O) groups is 1. The quantitative estimate of drug-likeness (QED) is 0.390. The summed E-state index contributed by atoms with van der Waals surface area (Å²) in [5.41, 5.74) is 3.28. The van der Waals surface area contributed by atoms with Crippen LogP contribution in [0.4, 0.5) is 0 Å². The van der Waals surface area contributed by atoms with Crippen LogP contribution in [0.2, 0.25) is 0 Å². The van der Waals surface area contributed by atoms with Crippen molar-refractivity contribution in [1.29, 1.82) is 0 Å². The summed E-state index contributed by atoms with van der Waals surface area (Å²) in [6.07, 6.45) is 9.02. The summed E-state index contributed by atoms with van der Waals surface area (Å²) < 4.78 is 5.44. The third-order valence-electron chi connectivity index (χ3n) is 3.45. The summed E-state index contributed by atoms with van der Waals surface area (Å²) in [6, 6.07) is 3.74. The third-order valence-corrected chi connectivity index (χ3v) is 3.45. The van der Waals surface area contributed by atoms with Crippen molar-refractivity contribution in [3.8, 4) is 0 Å². The highest BCUT2D eigenvalue weighted by Crippen LogP contribution is 2.09. The molecule has 0 saturated carbocycles. The molecule has 1 heterocycles. The van der Waals surface area contributed by atoms with Gasteiger partial charge < -0.3 is 4.42 Å². The molecule has 1 aromatic rings. The summed E-state index contributed by atoms with van der Waals surface area (Å²) in [6.45, 7) is 5.93. The van der Waals surface area contributed by atoms with Crippen LogP contribution < -0.4 is 5.43 Å². The second-order valence-corrected chi connectivity index (χ2v) is 5.51. The van der Waals surface area contributed by atoms with E-state index in [9.17, 15) is 4.79 Å². The lowest BCUT2D eigenvalue weighted by molar-refractivity contribution is -0.121. The highest BCUT2D eigenvalue weighted by Gasteiger charge is 2.04. The molecule has 0 aliphatic rings. The lowest BCUT2D eigenvalue weighted by Crippen LogP contribution is -2.18. The van der Waals surface area contributed by atoms with E-state index >= 15 is 0 Å². The van der Waals surface area contributed by atoms with Crippen LogP contribution >= 0.6 is 0 Å². The van der Waals surface area contributed by atoms with E-state index in [0.29, 0.717) is 17.9 Å². The molecular formula is C17H28N2O2. The lowest BCUT2D eigenvalue weighted by Gasteiger charge is -2.02. The van der Waals surface area contributed by atoms with Crippen molar-refractivity contribution in [3.05, 3.63) is 23.7 Å². The van der Waals surface area contributed by atoms with Gasteiger partial charge in [-0.15, -0.1) is 0 Å². The summed E-state index contributed by atoms with van der Waals surface area (Å²) in [7, 11) is 0. The van der Waals surface area contributed by atoms with E-state index in [2.05, 4.69) is 17.5 Å². The Bertz CT molecular complexity index is 449. The fourth-order valence-corrected chi connectivity index (χ4v) is 2.13. The predicted octanol–water partition coefficient (Wildman–Crippen LogP) is 4.57. The molecule has 0 aliphatic carbocycles. The highest BCUT2D eigenvalue weighted by molar-refractivity contribution is 5.96. The van der Waals surface area contributed by atoms with Crippen molar-refractivity contribution >= 4 is 11.6 Å². The molecule has 0 bridgehead atoms. The Morgan fingerprint density at radius 2 is 1.81 bits per heavy atom. The molecule has 0 atom stereocenters. The molecule has 0 fully saturated rings. The molecule has 1 rings (SSSR count). The van der Waals surface area contributed by atoms with Crippen LogP contribution in [0.1, 0.15) is 76.7 Å². The Kier molecular flexibility index (Phi) is 8.48.